The highest BCUT2D eigenvalue weighted by atomic mass is 32.1. The van der Waals surface area contributed by atoms with Crippen LogP contribution in [0.2, 0.25) is 0 Å². The van der Waals surface area contributed by atoms with Gasteiger partial charge in [0.15, 0.2) is 0 Å². The number of pyridine rings is 1. The Kier molecular flexibility index (Phi) is 6.97. The number of hydrogen-bond donors (Lipinski definition) is 0. The molecule has 0 bridgehead atoms. The van der Waals surface area contributed by atoms with E-state index in [1.165, 1.54) is 19.2 Å². The summed E-state index contributed by atoms with van der Waals surface area (Å²) in [6.45, 7) is 2.09. The normalized spacial score (nSPS) is 10.4. The summed E-state index contributed by atoms with van der Waals surface area (Å²) in [5, 5.41) is 0. The van der Waals surface area contributed by atoms with Crippen LogP contribution in [-0.2, 0) is 4.74 Å². The quantitative estimate of drug-likeness (QED) is 0.236. The molecule has 0 N–H and O–H groups in total. The van der Waals surface area contributed by atoms with E-state index in [0.717, 1.165) is 50.4 Å². The van der Waals surface area contributed by atoms with Gasteiger partial charge in [-0.05, 0) is 59.5 Å². The molecule has 0 unspecified atom stereocenters. The summed E-state index contributed by atoms with van der Waals surface area (Å²) in [6, 6.07) is 17.8. The first-order valence-corrected chi connectivity index (χ1v) is 11.4. The second-order valence-corrected chi connectivity index (χ2v) is 8.40. The molecule has 4 aromatic rings. The molecule has 2 aromatic heterocycles. The third-order valence-corrected chi connectivity index (χ3v) is 6.29. The average Bonchev–Trinajstić information content (AvgIpc) is 3.24. The highest BCUT2D eigenvalue weighted by Crippen LogP contribution is 2.47. The Morgan fingerprint density at radius 2 is 1.76 bits per heavy atom. The van der Waals surface area contributed by atoms with Gasteiger partial charge >= 0.3 is 5.97 Å². The number of esters is 1. The van der Waals surface area contributed by atoms with Gasteiger partial charge in [-0.15, -0.1) is 11.3 Å². The molecule has 4 rings (SSSR count). The highest BCUT2D eigenvalue weighted by molar-refractivity contribution is 7.17. The van der Waals surface area contributed by atoms with Crippen molar-refractivity contribution in [1.82, 2.24) is 4.98 Å². The Balaban J connectivity index is 2.04. The fraction of sp³-hybridized carbons (Fsp3) is 0.143. The fourth-order valence-electron chi connectivity index (χ4n) is 3.58. The van der Waals surface area contributed by atoms with E-state index in [1.807, 2.05) is 30.3 Å². The number of methoxy groups -OCH3 is 1. The molecule has 0 radical (unpaired) electrons. The van der Waals surface area contributed by atoms with Crippen molar-refractivity contribution in [3.05, 3.63) is 89.3 Å². The number of unbranched alkanes of at least 4 members (excludes halogenated alkanes) is 1. The summed E-state index contributed by atoms with van der Waals surface area (Å²) in [7, 11) is 1.37. The van der Waals surface area contributed by atoms with Crippen LogP contribution in [0, 0.1) is 17.7 Å². The second kappa shape index (κ2) is 10.2. The minimum Gasteiger partial charge on any atom is -0.465 e. The van der Waals surface area contributed by atoms with Crippen LogP contribution in [-0.4, -0.2) is 18.1 Å². The Morgan fingerprint density at radius 3 is 2.45 bits per heavy atom. The number of carbonyl (C=O) groups excluding carboxylic acids is 1. The standard InChI is InChI=1S/C28H22FNO2S/c1-3-4-5-9-24-25(21-7-6-8-22(18-21)28(31)32-2)26(19-14-16-30-17-15-19)27(33-24)20-10-12-23(29)13-11-20/h6-8,10-18H,3-4H2,1-2H3. The van der Waals surface area contributed by atoms with Crippen LogP contribution in [0.1, 0.15) is 35.0 Å². The molecule has 0 spiro atoms. The second-order valence-electron chi connectivity index (χ2n) is 7.38. The molecular formula is C28H22FNO2S. The zero-order valence-corrected chi connectivity index (χ0v) is 19.2. The van der Waals surface area contributed by atoms with E-state index in [9.17, 15) is 9.18 Å². The van der Waals surface area contributed by atoms with Crippen molar-refractivity contribution in [1.29, 1.82) is 0 Å². The minimum absolute atomic E-state index is 0.283. The first-order valence-electron chi connectivity index (χ1n) is 10.6. The molecule has 2 aromatic carbocycles. The highest BCUT2D eigenvalue weighted by Gasteiger charge is 2.22. The van der Waals surface area contributed by atoms with Crippen LogP contribution < -0.4 is 0 Å². The third-order valence-electron chi connectivity index (χ3n) is 5.13. The number of hydrogen-bond acceptors (Lipinski definition) is 4. The predicted octanol–water partition coefficient (Wildman–Crippen LogP) is 7.22. The van der Waals surface area contributed by atoms with Gasteiger partial charge in [0, 0.05) is 34.8 Å². The van der Waals surface area contributed by atoms with E-state index in [2.05, 4.69) is 23.7 Å². The molecule has 0 aliphatic carbocycles. The van der Waals surface area contributed by atoms with Crippen molar-refractivity contribution < 1.29 is 13.9 Å². The maximum atomic E-state index is 13.7. The van der Waals surface area contributed by atoms with Crippen LogP contribution in [0.25, 0.3) is 32.7 Å². The lowest BCUT2D eigenvalue weighted by Crippen LogP contribution is -2.01. The Bertz CT molecular complexity index is 1330. The van der Waals surface area contributed by atoms with E-state index >= 15 is 0 Å². The van der Waals surface area contributed by atoms with Gasteiger partial charge in [-0.3, -0.25) is 4.98 Å². The zero-order valence-electron chi connectivity index (χ0n) is 18.4. The van der Waals surface area contributed by atoms with E-state index in [0.29, 0.717) is 5.56 Å². The monoisotopic (exact) mass is 455 g/mol. The number of thiophene rings is 1. The first kappa shape index (κ1) is 22.4. The van der Waals surface area contributed by atoms with Gasteiger partial charge in [-0.2, -0.15) is 0 Å². The lowest BCUT2D eigenvalue weighted by molar-refractivity contribution is 0.0601. The molecule has 2 heterocycles. The Morgan fingerprint density at radius 1 is 1.00 bits per heavy atom. The van der Waals surface area contributed by atoms with Crippen LogP contribution in [0.15, 0.2) is 73.1 Å². The maximum absolute atomic E-state index is 13.7. The molecule has 33 heavy (non-hydrogen) atoms. The van der Waals surface area contributed by atoms with Crippen molar-refractivity contribution in [2.45, 2.75) is 19.8 Å². The van der Waals surface area contributed by atoms with Crippen LogP contribution >= 0.6 is 11.3 Å². The van der Waals surface area contributed by atoms with E-state index in [1.54, 1.807) is 41.9 Å². The molecule has 3 nitrogen and oxygen atoms in total. The maximum Gasteiger partial charge on any atom is 0.337 e. The summed E-state index contributed by atoms with van der Waals surface area (Å²) in [5.74, 6) is 5.93. The number of nitrogens with zero attached hydrogens (tertiary/aromatic N) is 1. The van der Waals surface area contributed by atoms with Crippen molar-refractivity contribution in [3.63, 3.8) is 0 Å². The fourth-order valence-corrected chi connectivity index (χ4v) is 4.81. The van der Waals surface area contributed by atoms with Crippen molar-refractivity contribution in [3.8, 4) is 44.5 Å². The Hall–Kier alpha value is -3.75. The zero-order chi connectivity index (χ0) is 23.2. The van der Waals surface area contributed by atoms with E-state index in [4.69, 9.17) is 4.74 Å². The molecule has 0 amide bonds. The predicted molar refractivity (Wildman–Crippen MR) is 132 cm³/mol. The van der Waals surface area contributed by atoms with Gasteiger partial charge in [-0.25, -0.2) is 9.18 Å². The van der Waals surface area contributed by atoms with Crippen molar-refractivity contribution in [2.75, 3.05) is 7.11 Å². The summed E-state index contributed by atoms with van der Waals surface area (Å²) < 4.78 is 18.6. The number of benzene rings is 2. The van der Waals surface area contributed by atoms with Gasteiger partial charge in [-0.1, -0.05) is 43.0 Å². The van der Waals surface area contributed by atoms with E-state index in [-0.39, 0.29) is 5.82 Å². The number of ether oxygens (including phenoxy) is 1. The molecule has 5 heteroatoms. The van der Waals surface area contributed by atoms with Crippen LogP contribution in [0.4, 0.5) is 4.39 Å². The topological polar surface area (TPSA) is 39.2 Å². The molecule has 0 aliphatic heterocycles. The average molecular weight is 456 g/mol. The van der Waals surface area contributed by atoms with Gasteiger partial charge in [0.25, 0.3) is 0 Å². The van der Waals surface area contributed by atoms with Gasteiger partial charge in [0.1, 0.15) is 5.82 Å². The molecule has 0 atom stereocenters. The molecular weight excluding hydrogens is 433 g/mol. The number of halogens is 1. The van der Waals surface area contributed by atoms with Gasteiger partial charge < -0.3 is 4.74 Å². The molecule has 164 valence electrons. The van der Waals surface area contributed by atoms with Crippen molar-refractivity contribution in [2.24, 2.45) is 0 Å². The summed E-state index contributed by atoms with van der Waals surface area (Å²) >= 11 is 1.57. The largest absolute Gasteiger partial charge is 0.465 e. The summed E-state index contributed by atoms with van der Waals surface area (Å²) in [5.41, 5.74) is 5.15. The number of aromatic nitrogens is 1. The van der Waals surface area contributed by atoms with Crippen LogP contribution in [0.3, 0.4) is 0 Å². The molecule has 0 aliphatic rings. The molecule has 0 saturated heterocycles. The third kappa shape index (κ3) is 4.87. The molecule has 0 fully saturated rings. The van der Waals surface area contributed by atoms with Gasteiger partial charge in [0.2, 0.25) is 0 Å². The minimum atomic E-state index is -0.394. The van der Waals surface area contributed by atoms with E-state index < -0.39 is 5.97 Å². The lowest BCUT2D eigenvalue weighted by atomic mass is 9.92. The lowest BCUT2D eigenvalue weighted by Gasteiger charge is -2.10. The molecule has 0 saturated carbocycles. The number of carbonyl (C=O) groups is 1. The van der Waals surface area contributed by atoms with Crippen molar-refractivity contribution >= 4 is 17.3 Å². The van der Waals surface area contributed by atoms with Gasteiger partial charge in [0.05, 0.1) is 17.6 Å². The SMILES string of the molecule is CCCC#Cc1sc(-c2ccc(F)cc2)c(-c2ccncc2)c1-c1cccc(C(=O)OC)c1. The van der Waals surface area contributed by atoms with Crippen LogP contribution in [0.5, 0.6) is 0 Å². The smallest absolute Gasteiger partial charge is 0.337 e. The summed E-state index contributed by atoms with van der Waals surface area (Å²) in [6.07, 6.45) is 5.25. The summed E-state index contributed by atoms with van der Waals surface area (Å²) in [4.78, 5) is 18.3. The first-order chi connectivity index (χ1) is 16.1. The number of rotatable bonds is 5. The Labute approximate surface area is 196 Å².